The fourth-order valence-corrected chi connectivity index (χ4v) is 4.80. The quantitative estimate of drug-likeness (QED) is 0.235. The van der Waals surface area contributed by atoms with E-state index >= 15 is 0 Å². The minimum atomic E-state index is 0.141. The summed E-state index contributed by atoms with van der Waals surface area (Å²) >= 11 is 0. The highest BCUT2D eigenvalue weighted by atomic mass is 16.2. The van der Waals surface area contributed by atoms with Crippen molar-refractivity contribution in [3.63, 3.8) is 0 Å². The number of imidazole rings is 1. The molecule has 0 spiro atoms. The van der Waals surface area contributed by atoms with Crippen molar-refractivity contribution in [3.8, 4) is 11.3 Å². The van der Waals surface area contributed by atoms with E-state index in [-0.39, 0.29) is 11.7 Å². The average molecular weight is 484 g/mol. The largest absolute Gasteiger partial charge is 0.367 e. The lowest BCUT2D eigenvalue weighted by Crippen LogP contribution is -2.25. The molecule has 7 heteroatoms. The molecule has 0 unspecified atom stereocenters. The number of ketones is 1. The zero-order valence-corrected chi connectivity index (χ0v) is 21.0. The van der Waals surface area contributed by atoms with Crippen LogP contribution in [0, 0.1) is 5.92 Å². The molecule has 1 aliphatic rings. The molecule has 1 saturated heterocycles. The molecule has 2 aromatic heterocycles. The van der Waals surface area contributed by atoms with Gasteiger partial charge in [-0.05, 0) is 37.3 Å². The summed E-state index contributed by atoms with van der Waals surface area (Å²) in [7, 11) is 0. The summed E-state index contributed by atoms with van der Waals surface area (Å²) in [4.78, 5) is 35.9. The van der Waals surface area contributed by atoms with Crippen LogP contribution in [0.2, 0.25) is 0 Å². The second-order valence-electron chi connectivity index (χ2n) is 9.97. The topological polar surface area (TPSA) is 79.6 Å². The number of likely N-dealkylation sites (tertiary alicyclic amines) is 1. The lowest BCUT2D eigenvalue weighted by molar-refractivity contribution is -0.127. The van der Waals surface area contributed by atoms with Crippen LogP contribution in [0.25, 0.3) is 27.9 Å². The van der Waals surface area contributed by atoms with Crippen molar-refractivity contribution in [2.75, 3.05) is 25.0 Å². The smallest absolute Gasteiger partial charge is 0.222 e. The summed E-state index contributed by atoms with van der Waals surface area (Å²) in [5.74, 6) is 1.65. The number of rotatable bonds is 10. The van der Waals surface area contributed by atoms with Crippen LogP contribution in [0.3, 0.4) is 0 Å². The van der Waals surface area contributed by atoms with Crippen molar-refractivity contribution in [2.45, 2.75) is 46.0 Å². The van der Waals surface area contributed by atoms with Crippen molar-refractivity contribution in [1.82, 2.24) is 19.3 Å². The molecule has 0 aliphatic carbocycles. The lowest BCUT2D eigenvalue weighted by Gasteiger charge is -2.14. The molecule has 5 rings (SSSR count). The minimum absolute atomic E-state index is 0.141. The van der Waals surface area contributed by atoms with E-state index < -0.39 is 0 Å². The number of benzene rings is 2. The molecule has 0 bridgehead atoms. The lowest BCUT2D eigenvalue weighted by atomic mass is 10.0. The Kier molecular flexibility index (Phi) is 6.98. The molecular weight excluding hydrogens is 450 g/mol. The van der Waals surface area contributed by atoms with Crippen LogP contribution in [0.15, 0.2) is 54.7 Å². The maximum Gasteiger partial charge on any atom is 0.222 e. The molecule has 3 heterocycles. The number of carbonyl (C=O) groups excluding carboxylic acids is 2. The highest BCUT2D eigenvalue weighted by molar-refractivity contribution is 5.96. The number of unbranched alkanes of at least 4 members (excludes halogenated alkanes) is 1. The zero-order valence-electron chi connectivity index (χ0n) is 21.0. The van der Waals surface area contributed by atoms with Gasteiger partial charge in [-0.15, -0.1) is 0 Å². The molecule has 7 nitrogen and oxygen atoms in total. The van der Waals surface area contributed by atoms with Crippen LogP contribution in [-0.2, 0) is 4.79 Å². The van der Waals surface area contributed by atoms with E-state index in [1.54, 1.807) is 0 Å². The monoisotopic (exact) mass is 483 g/mol. The van der Waals surface area contributed by atoms with Gasteiger partial charge in [0.2, 0.25) is 5.91 Å². The number of carbonyl (C=O) groups is 2. The van der Waals surface area contributed by atoms with Gasteiger partial charge in [0.25, 0.3) is 0 Å². The van der Waals surface area contributed by atoms with Crippen LogP contribution in [0.4, 0.5) is 5.82 Å². The Morgan fingerprint density at radius 1 is 1.08 bits per heavy atom. The Labute approximate surface area is 211 Å². The molecule has 2 aromatic carbocycles. The van der Waals surface area contributed by atoms with Crippen molar-refractivity contribution >= 4 is 34.2 Å². The van der Waals surface area contributed by atoms with Crippen LogP contribution >= 0.6 is 0 Å². The van der Waals surface area contributed by atoms with E-state index in [2.05, 4.69) is 29.6 Å². The van der Waals surface area contributed by atoms with Crippen molar-refractivity contribution in [2.24, 2.45) is 5.92 Å². The Morgan fingerprint density at radius 3 is 2.64 bits per heavy atom. The van der Waals surface area contributed by atoms with Gasteiger partial charge < -0.3 is 10.2 Å². The molecule has 0 saturated carbocycles. The summed E-state index contributed by atoms with van der Waals surface area (Å²) in [5.41, 5.74) is 5.37. The molecule has 186 valence electrons. The highest BCUT2D eigenvalue weighted by Gasteiger charge is 2.19. The first-order valence-electron chi connectivity index (χ1n) is 12.9. The van der Waals surface area contributed by atoms with Gasteiger partial charge in [0.15, 0.2) is 17.2 Å². The number of hydrogen-bond acceptors (Lipinski definition) is 5. The number of nitrogens with one attached hydrogen (secondary N) is 1. The van der Waals surface area contributed by atoms with E-state index in [1.807, 2.05) is 53.6 Å². The fraction of sp³-hybridized carbons (Fsp3) is 0.379. The van der Waals surface area contributed by atoms with Gasteiger partial charge >= 0.3 is 0 Å². The second-order valence-corrected chi connectivity index (χ2v) is 9.97. The Balaban J connectivity index is 1.34. The van der Waals surface area contributed by atoms with Crippen LogP contribution < -0.4 is 5.32 Å². The SMILES string of the molecule is CC(C)CNc1nc2ccccc2n2c(-c3ccc(C(=O)CCCCN4CCCC4=O)cc3)cnc12. The van der Waals surface area contributed by atoms with Gasteiger partial charge in [-0.3, -0.25) is 14.0 Å². The second kappa shape index (κ2) is 10.5. The van der Waals surface area contributed by atoms with Gasteiger partial charge in [0.05, 0.1) is 22.9 Å². The van der Waals surface area contributed by atoms with Gasteiger partial charge in [-0.25, -0.2) is 9.97 Å². The predicted octanol–water partition coefficient (Wildman–Crippen LogP) is 5.59. The third-order valence-corrected chi connectivity index (χ3v) is 6.76. The minimum Gasteiger partial charge on any atom is -0.367 e. The molecule has 1 N–H and O–H groups in total. The number of para-hydroxylation sites is 2. The predicted molar refractivity (Wildman–Crippen MR) is 143 cm³/mol. The number of hydrogen-bond donors (Lipinski definition) is 1. The molecule has 0 radical (unpaired) electrons. The maximum atomic E-state index is 12.7. The van der Waals surface area contributed by atoms with Gasteiger partial charge in [-0.2, -0.15) is 0 Å². The standard InChI is InChI=1S/C29H33N5O2/c1-20(2)18-30-28-29-31-19-25(34(29)24-9-4-3-8-23(24)32-28)21-12-14-22(15-13-21)26(35)10-5-6-16-33-17-7-11-27(33)36/h3-4,8-9,12-15,19-20H,5-7,10-11,16-18H2,1-2H3,(H,30,32). The number of anilines is 1. The van der Waals surface area contributed by atoms with E-state index in [9.17, 15) is 9.59 Å². The van der Waals surface area contributed by atoms with Crippen LogP contribution in [0.1, 0.15) is 56.3 Å². The number of Topliss-reactive ketones (excluding diaryl/α,β-unsaturated/α-hetero) is 1. The first-order chi connectivity index (χ1) is 17.5. The van der Waals surface area contributed by atoms with Crippen molar-refractivity contribution in [1.29, 1.82) is 0 Å². The summed E-state index contributed by atoms with van der Waals surface area (Å²) in [6, 6.07) is 15.9. The highest BCUT2D eigenvalue weighted by Crippen LogP contribution is 2.29. The Hall–Kier alpha value is -3.74. The van der Waals surface area contributed by atoms with E-state index in [0.29, 0.717) is 18.8 Å². The van der Waals surface area contributed by atoms with E-state index in [1.165, 1.54) is 0 Å². The van der Waals surface area contributed by atoms with Crippen molar-refractivity contribution in [3.05, 3.63) is 60.3 Å². The first-order valence-corrected chi connectivity index (χ1v) is 12.9. The van der Waals surface area contributed by atoms with Crippen LogP contribution in [-0.4, -0.2) is 50.6 Å². The van der Waals surface area contributed by atoms with Gasteiger partial charge in [0.1, 0.15) is 0 Å². The zero-order chi connectivity index (χ0) is 25.1. The van der Waals surface area contributed by atoms with Crippen LogP contribution in [0.5, 0.6) is 0 Å². The molecule has 4 aromatic rings. The Morgan fingerprint density at radius 2 is 1.89 bits per heavy atom. The number of amides is 1. The number of aromatic nitrogens is 3. The fourth-order valence-electron chi connectivity index (χ4n) is 4.80. The third-order valence-electron chi connectivity index (χ3n) is 6.76. The summed E-state index contributed by atoms with van der Waals surface area (Å²) in [5, 5.41) is 3.45. The van der Waals surface area contributed by atoms with Crippen molar-refractivity contribution < 1.29 is 9.59 Å². The van der Waals surface area contributed by atoms with Gasteiger partial charge in [-0.1, -0.05) is 50.2 Å². The molecule has 1 aliphatic heterocycles. The third kappa shape index (κ3) is 4.96. The number of fused-ring (bicyclic) bond motifs is 3. The summed E-state index contributed by atoms with van der Waals surface area (Å²) < 4.78 is 2.14. The normalized spacial score (nSPS) is 13.9. The maximum absolute atomic E-state index is 12.7. The average Bonchev–Trinajstić information content (AvgIpc) is 3.52. The summed E-state index contributed by atoms with van der Waals surface area (Å²) in [6.45, 7) is 6.77. The Bertz CT molecular complexity index is 1390. The summed E-state index contributed by atoms with van der Waals surface area (Å²) in [6.07, 6.45) is 5.66. The number of nitrogens with zero attached hydrogens (tertiary/aromatic N) is 4. The molecule has 0 atom stereocenters. The molecule has 1 fully saturated rings. The van der Waals surface area contributed by atoms with Gasteiger partial charge in [0, 0.05) is 43.6 Å². The first kappa shape index (κ1) is 24.0. The molecular formula is C29H33N5O2. The van der Waals surface area contributed by atoms with E-state index in [0.717, 1.165) is 78.2 Å². The molecule has 1 amide bonds. The molecule has 36 heavy (non-hydrogen) atoms. The van der Waals surface area contributed by atoms with E-state index in [4.69, 9.17) is 9.97 Å².